The van der Waals surface area contributed by atoms with Crippen LogP contribution in [-0.2, 0) is 18.2 Å². The maximum atomic E-state index is 6.13. The van der Waals surface area contributed by atoms with Crippen LogP contribution in [0.15, 0.2) is 0 Å². The topological polar surface area (TPSA) is 65.1 Å². The lowest BCUT2D eigenvalue weighted by atomic mass is 9.98. The fraction of sp³-hybridized carbons (Fsp3) is 0.800. The van der Waals surface area contributed by atoms with Crippen molar-refractivity contribution in [2.24, 2.45) is 7.05 Å². The third-order valence-electron chi connectivity index (χ3n) is 3.95. The maximum absolute atomic E-state index is 6.13. The first-order chi connectivity index (χ1) is 9.72. The number of nitrogens with zero attached hydrogens (tertiary/aromatic N) is 2. The number of hydrogen-bond acceptors (Lipinski definition) is 4. The number of ether oxygens (including phenoxy) is 1. The molecule has 0 atom stereocenters. The van der Waals surface area contributed by atoms with Gasteiger partial charge < -0.3 is 15.8 Å². The summed E-state index contributed by atoms with van der Waals surface area (Å²) in [7, 11) is 1.93. The number of nitrogen functional groups attached to an aromatic ring is 1. The summed E-state index contributed by atoms with van der Waals surface area (Å²) in [6, 6.07) is 0. The number of rotatable bonds is 7. The zero-order valence-corrected chi connectivity index (χ0v) is 12.8. The van der Waals surface area contributed by atoms with Gasteiger partial charge in [0.25, 0.3) is 0 Å². The maximum Gasteiger partial charge on any atom is 0.147 e. The summed E-state index contributed by atoms with van der Waals surface area (Å²) < 4.78 is 7.74. The van der Waals surface area contributed by atoms with Gasteiger partial charge in [0.05, 0.1) is 24.1 Å². The molecule has 0 unspecified atom stereocenters. The van der Waals surface area contributed by atoms with Crippen LogP contribution in [0.25, 0.3) is 0 Å². The van der Waals surface area contributed by atoms with Gasteiger partial charge >= 0.3 is 0 Å². The first-order valence-corrected chi connectivity index (χ1v) is 7.89. The highest BCUT2D eigenvalue weighted by Crippen LogP contribution is 2.23. The first-order valence-electron chi connectivity index (χ1n) is 7.89. The summed E-state index contributed by atoms with van der Waals surface area (Å²) in [5.74, 6) is 0.917. The van der Waals surface area contributed by atoms with E-state index in [2.05, 4.69) is 17.3 Å². The minimum Gasteiger partial charge on any atom is -0.394 e. The van der Waals surface area contributed by atoms with Crippen molar-refractivity contribution in [3.8, 4) is 0 Å². The quantitative estimate of drug-likeness (QED) is 0.754. The fourth-order valence-electron chi connectivity index (χ4n) is 2.85. The molecular formula is C15H28N4O. The van der Waals surface area contributed by atoms with E-state index in [9.17, 15) is 0 Å². The van der Waals surface area contributed by atoms with Crippen molar-refractivity contribution in [2.75, 3.05) is 24.2 Å². The lowest BCUT2D eigenvalue weighted by molar-refractivity contribution is 0.0347. The Hall–Kier alpha value is -1.23. The third kappa shape index (κ3) is 3.88. The molecule has 0 radical (unpaired) electrons. The van der Waals surface area contributed by atoms with Crippen LogP contribution >= 0.6 is 0 Å². The molecule has 1 aromatic rings. The van der Waals surface area contributed by atoms with Gasteiger partial charge in [0, 0.05) is 13.6 Å². The van der Waals surface area contributed by atoms with Gasteiger partial charge in [-0.05, 0) is 19.3 Å². The van der Waals surface area contributed by atoms with Crippen molar-refractivity contribution >= 4 is 11.5 Å². The fourth-order valence-corrected chi connectivity index (χ4v) is 2.85. The van der Waals surface area contributed by atoms with E-state index in [1.807, 2.05) is 11.7 Å². The Bertz CT molecular complexity index is 410. The summed E-state index contributed by atoms with van der Waals surface area (Å²) in [5, 5.41) is 7.81. The molecule has 0 aliphatic heterocycles. The van der Waals surface area contributed by atoms with Gasteiger partial charge in [0.2, 0.25) is 0 Å². The largest absolute Gasteiger partial charge is 0.394 e. The van der Waals surface area contributed by atoms with Crippen molar-refractivity contribution in [3.05, 3.63) is 5.69 Å². The van der Waals surface area contributed by atoms with E-state index in [0.29, 0.717) is 6.10 Å². The SMILES string of the molecule is CCCc1nn(C)c(NCCOC2CCCCC2)c1N. The highest BCUT2D eigenvalue weighted by molar-refractivity contribution is 5.65. The summed E-state index contributed by atoms with van der Waals surface area (Å²) in [4.78, 5) is 0. The van der Waals surface area contributed by atoms with E-state index in [1.54, 1.807) is 0 Å². The van der Waals surface area contributed by atoms with Crippen LogP contribution in [0.3, 0.4) is 0 Å². The van der Waals surface area contributed by atoms with Gasteiger partial charge in [-0.2, -0.15) is 5.10 Å². The average Bonchev–Trinajstić information content (AvgIpc) is 2.72. The van der Waals surface area contributed by atoms with Gasteiger partial charge in [-0.15, -0.1) is 0 Å². The van der Waals surface area contributed by atoms with Gasteiger partial charge in [-0.1, -0.05) is 32.6 Å². The Kier molecular flexibility index (Phi) is 5.71. The Morgan fingerprint density at radius 3 is 2.80 bits per heavy atom. The van der Waals surface area contributed by atoms with Crippen LogP contribution < -0.4 is 11.1 Å². The Labute approximate surface area is 121 Å². The van der Waals surface area contributed by atoms with Crippen molar-refractivity contribution in [1.82, 2.24) is 9.78 Å². The molecule has 1 fully saturated rings. The van der Waals surface area contributed by atoms with Gasteiger partial charge in [-0.3, -0.25) is 4.68 Å². The van der Waals surface area contributed by atoms with Crippen molar-refractivity contribution in [3.63, 3.8) is 0 Å². The average molecular weight is 280 g/mol. The molecule has 1 saturated carbocycles. The highest BCUT2D eigenvalue weighted by Gasteiger charge is 2.14. The Balaban J connectivity index is 1.76. The summed E-state index contributed by atoms with van der Waals surface area (Å²) in [5.41, 5.74) is 7.90. The molecule has 0 amide bonds. The van der Waals surface area contributed by atoms with Crippen LogP contribution in [0.5, 0.6) is 0 Å². The Morgan fingerprint density at radius 1 is 1.35 bits per heavy atom. The summed E-state index contributed by atoms with van der Waals surface area (Å²) in [6.07, 6.45) is 8.88. The molecule has 5 nitrogen and oxygen atoms in total. The summed E-state index contributed by atoms with van der Waals surface area (Å²) in [6.45, 7) is 3.66. The van der Waals surface area contributed by atoms with Gasteiger partial charge in [-0.25, -0.2) is 0 Å². The van der Waals surface area contributed by atoms with E-state index in [4.69, 9.17) is 10.5 Å². The molecule has 1 aliphatic carbocycles. The number of hydrogen-bond donors (Lipinski definition) is 2. The monoisotopic (exact) mass is 280 g/mol. The number of nitrogens with two attached hydrogens (primary N) is 1. The molecule has 114 valence electrons. The molecule has 5 heteroatoms. The lowest BCUT2D eigenvalue weighted by Crippen LogP contribution is -2.21. The molecule has 3 N–H and O–H groups in total. The number of nitrogens with one attached hydrogen (secondary N) is 1. The molecule has 0 bridgehead atoms. The predicted molar refractivity (Wildman–Crippen MR) is 82.9 cm³/mol. The molecule has 0 saturated heterocycles. The zero-order valence-electron chi connectivity index (χ0n) is 12.8. The molecule has 20 heavy (non-hydrogen) atoms. The van der Waals surface area contributed by atoms with E-state index in [1.165, 1.54) is 32.1 Å². The second kappa shape index (κ2) is 7.53. The lowest BCUT2D eigenvalue weighted by Gasteiger charge is -2.22. The molecule has 1 aliphatic rings. The van der Waals surface area contributed by atoms with Crippen molar-refractivity contribution in [2.45, 2.75) is 58.0 Å². The van der Waals surface area contributed by atoms with E-state index < -0.39 is 0 Å². The number of aryl methyl sites for hydroxylation is 2. The molecule has 0 aromatic carbocycles. The third-order valence-corrected chi connectivity index (χ3v) is 3.95. The minimum atomic E-state index is 0.463. The Morgan fingerprint density at radius 2 is 2.10 bits per heavy atom. The second-order valence-electron chi connectivity index (χ2n) is 5.64. The molecule has 2 rings (SSSR count). The predicted octanol–water partition coefficient (Wildman–Crippen LogP) is 2.72. The van der Waals surface area contributed by atoms with Crippen molar-refractivity contribution in [1.29, 1.82) is 0 Å². The number of aromatic nitrogens is 2. The molecule has 1 aromatic heterocycles. The van der Waals surface area contributed by atoms with E-state index in [0.717, 1.165) is 43.2 Å². The second-order valence-corrected chi connectivity index (χ2v) is 5.64. The molecule has 0 spiro atoms. The van der Waals surface area contributed by atoms with Crippen molar-refractivity contribution < 1.29 is 4.74 Å². The van der Waals surface area contributed by atoms with Crippen LogP contribution in [0, 0.1) is 0 Å². The van der Waals surface area contributed by atoms with Crippen LogP contribution in [-0.4, -0.2) is 29.0 Å². The zero-order chi connectivity index (χ0) is 14.4. The van der Waals surface area contributed by atoms with Crippen LogP contribution in [0.2, 0.25) is 0 Å². The summed E-state index contributed by atoms with van der Waals surface area (Å²) >= 11 is 0. The smallest absolute Gasteiger partial charge is 0.147 e. The van der Waals surface area contributed by atoms with E-state index >= 15 is 0 Å². The van der Waals surface area contributed by atoms with Crippen LogP contribution in [0.1, 0.15) is 51.1 Å². The molecular weight excluding hydrogens is 252 g/mol. The van der Waals surface area contributed by atoms with Gasteiger partial charge in [0.15, 0.2) is 0 Å². The normalized spacial score (nSPS) is 16.5. The highest BCUT2D eigenvalue weighted by atomic mass is 16.5. The first kappa shape index (κ1) is 15.2. The standard InChI is InChI=1S/C15H28N4O/c1-3-7-13-14(16)15(19(2)18-13)17-10-11-20-12-8-5-4-6-9-12/h12,17H,3-11,16H2,1-2H3. The number of anilines is 2. The van der Waals surface area contributed by atoms with Gasteiger partial charge in [0.1, 0.15) is 5.82 Å². The van der Waals surface area contributed by atoms with Crippen LogP contribution in [0.4, 0.5) is 11.5 Å². The minimum absolute atomic E-state index is 0.463. The van der Waals surface area contributed by atoms with E-state index in [-0.39, 0.29) is 0 Å². The molecule has 1 heterocycles.